The minimum absolute atomic E-state index is 0.306. The van der Waals surface area contributed by atoms with Crippen LogP contribution in [0.3, 0.4) is 0 Å². The molecule has 0 radical (unpaired) electrons. The quantitative estimate of drug-likeness (QED) is 0.535. The van der Waals surface area contributed by atoms with E-state index in [9.17, 15) is 27.6 Å². The van der Waals surface area contributed by atoms with E-state index in [4.69, 9.17) is 10.2 Å². The molecule has 23 heavy (non-hydrogen) atoms. The van der Waals surface area contributed by atoms with Crippen LogP contribution in [-0.2, 0) is 9.59 Å². The van der Waals surface area contributed by atoms with E-state index in [0.29, 0.717) is 11.0 Å². The molecule has 0 saturated heterocycles. The number of carboxylic acids is 1. The fourth-order valence-corrected chi connectivity index (χ4v) is 1.94. The summed E-state index contributed by atoms with van der Waals surface area (Å²) in [6, 6.07) is 0.324. The van der Waals surface area contributed by atoms with Crippen LogP contribution in [0, 0.1) is 17.5 Å². The van der Waals surface area contributed by atoms with Gasteiger partial charge in [-0.2, -0.15) is 0 Å². The number of amides is 2. The highest BCUT2D eigenvalue weighted by Crippen LogP contribution is 2.26. The summed E-state index contributed by atoms with van der Waals surface area (Å²) in [5.41, 5.74) is -2.82. The number of rotatable bonds is 5. The van der Waals surface area contributed by atoms with Crippen molar-refractivity contribution in [3.05, 3.63) is 40.9 Å². The number of carboxylic acid groups (broad SMARTS) is 1. The van der Waals surface area contributed by atoms with Crippen molar-refractivity contribution in [3.8, 4) is 0 Å². The van der Waals surface area contributed by atoms with E-state index in [-0.39, 0.29) is 6.54 Å². The maximum absolute atomic E-state index is 14.0. The molecule has 0 unspecified atom stereocenters. The number of imide groups is 1. The number of β-amino-alcohol motifs (C(OH)–C–C–N with tert-alkyl or cyclic N) is 1. The van der Waals surface area contributed by atoms with Crippen molar-refractivity contribution < 1.29 is 37.8 Å². The molecule has 10 heteroatoms. The van der Waals surface area contributed by atoms with Gasteiger partial charge >= 0.3 is 5.97 Å². The van der Waals surface area contributed by atoms with E-state index in [0.717, 1.165) is 6.08 Å². The lowest BCUT2D eigenvalue weighted by molar-refractivity contribution is -0.137. The predicted octanol–water partition coefficient (Wildman–Crippen LogP) is 0.459. The van der Waals surface area contributed by atoms with Gasteiger partial charge in [0.2, 0.25) is 0 Å². The molecule has 1 aliphatic rings. The van der Waals surface area contributed by atoms with Crippen molar-refractivity contribution >= 4 is 23.5 Å². The first kappa shape index (κ1) is 16.5. The summed E-state index contributed by atoms with van der Waals surface area (Å²) in [7, 11) is 0. The molecule has 1 aromatic rings. The molecule has 0 fully saturated rings. The van der Waals surface area contributed by atoms with Crippen molar-refractivity contribution in [2.45, 2.75) is 0 Å². The number of carbonyl (C=O) groups excluding carboxylic acids is 2. The summed E-state index contributed by atoms with van der Waals surface area (Å²) in [5, 5.41) is 19.5. The van der Waals surface area contributed by atoms with Gasteiger partial charge in [-0.05, 0) is 0 Å². The molecule has 0 aliphatic carbocycles. The number of benzene rings is 1. The van der Waals surface area contributed by atoms with Crippen LogP contribution in [0.4, 0.5) is 18.9 Å². The third-order valence-electron chi connectivity index (χ3n) is 2.97. The second kappa shape index (κ2) is 6.08. The largest absolute Gasteiger partial charge is 0.477 e. The maximum Gasteiger partial charge on any atom is 0.341 e. The molecule has 2 amide bonds. The fourth-order valence-electron chi connectivity index (χ4n) is 1.94. The second-order valence-electron chi connectivity index (χ2n) is 4.42. The van der Waals surface area contributed by atoms with Gasteiger partial charge in [0.15, 0.2) is 17.5 Å². The molecule has 1 aromatic carbocycles. The van der Waals surface area contributed by atoms with Crippen LogP contribution in [0.1, 0.15) is 10.4 Å². The van der Waals surface area contributed by atoms with Gasteiger partial charge in [-0.15, -0.1) is 0 Å². The van der Waals surface area contributed by atoms with E-state index in [1.54, 1.807) is 0 Å². The zero-order valence-corrected chi connectivity index (χ0v) is 11.3. The lowest BCUT2D eigenvalue weighted by Gasteiger charge is -2.14. The average Bonchev–Trinajstić information content (AvgIpc) is 2.72. The van der Waals surface area contributed by atoms with Gasteiger partial charge in [0.25, 0.3) is 11.8 Å². The molecule has 2 rings (SSSR count). The van der Waals surface area contributed by atoms with E-state index in [2.05, 4.69) is 5.32 Å². The minimum Gasteiger partial charge on any atom is -0.477 e. The van der Waals surface area contributed by atoms with Crippen molar-refractivity contribution in [2.24, 2.45) is 0 Å². The van der Waals surface area contributed by atoms with Crippen molar-refractivity contribution in [1.82, 2.24) is 4.90 Å². The van der Waals surface area contributed by atoms with Gasteiger partial charge in [-0.3, -0.25) is 14.5 Å². The monoisotopic (exact) mass is 330 g/mol. The van der Waals surface area contributed by atoms with Gasteiger partial charge in [-0.25, -0.2) is 18.0 Å². The van der Waals surface area contributed by atoms with Crippen LogP contribution in [0.2, 0.25) is 0 Å². The Hall–Kier alpha value is -2.88. The van der Waals surface area contributed by atoms with Gasteiger partial charge in [0, 0.05) is 12.1 Å². The van der Waals surface area contributed by atoms with E-state index in [1.807, 2.05) is 0 Å². The Bertz CT molecular complexity index is 748. The zero-order valence-electron chi connectivity index (χ0n) is 11.3. The smallest absolute Gasteiger partial charge is 0.341 e. The molecule has 1 heterocycles. The van der Waals surface area contributed by atoms with Gasteiger partial charge in [0.05, 0.1) is 18.8 Å². The number of carbonyl (C=O) groups is 3. The van der Waals surface area contributed by atoms with Crippen LogP contribution in [0.5, 0.6) is 0 Å². The first-order valence-corrected chi connectivity index (χ1v) is 6.14. The van der Waals surface area contributed by atoms with Crippen LogP contribution in [0.15, 0.2) is 17.8 Å². The first-order chi connectivity index (χ1) is 10.8. The molecule has 0 spiro atoms. The molecule has 0 saturated carbocycles. The molecular formula is C13H9F3N2O5. The third-order valence-corrected chi connectivity index (χ3v) is 2.97. The Balaban J connectivity index is 2.39. The highest BCUT2D eigenvalue weighted by molar-refractivity contribution is 6.17. The number of nitrogens with one attached hydrogen (secondary N) is 1. The van der Waals surface area contributed by atoms with Gasteiger partial charge in [0.1, 0.15) is 11.3 Å². The number of aromatic carboxylic acids is 1. The molecule has 0 atom stereocenters. The lowest BCUT2D eigenvalue weighted by Crippen LogP contribution is -2.34. The number of halogens is 3. The molecule has 0 aromatic heterocycles. The Kier molecular flexibility index (Phi) is 4.36. The maximum atomic E-state index is 14.0. The normalized spacial score (nSPS) is 14.3. The van der Waals surface area contributed by atoms with Crippen molar-refractivity contribution in [2.75, 3.05) is 18.5 Å². The average molecular weight is 330 g/mol. The Morgan fingerprint density at radius 2 is 1.87 bits per heavy atom. The summed E-state index contributed by atoms with van der Waals surface area (Å²) >= 11 is 0. The zero-order chi connectivity index (χ0) is 17.3. The third kappa shape index (κ3) is 2.88. The van der Waals surface area contributed by atoms with E-state index >= 15 is 0 Å². The van der Waals surface area contributed by atoms with Gasteiger partial charge in [-0.1, -0.05) is 0 Å². The summed E-state index contributed by atoms with van der Waals surface area (Å²) in [4.78, 5) is 34.8. The molecule has 7 nitrogen and oxygen atoms in total. The first-order valence-electron chi connectivity index (χ1n) is 6.14. The second-order valence-corrected chi connectivity index (χ2v) is 4.42. The van der Waals surface area contributed by atoms with E-state index < -0.39 is 58.8 Å². The number of hydrogen-bond donors (Lipinski definition) is 3. The molecule has 122 valence electrons. The van der Waals surface area contributed by atoms with Crippen LogP contribution >= 0.6 is 0 Å². The summed E-state index contributed by atoms with van der Waals surface area (Å²) in [5.74, 6) is -8.91. The van der Waals surface area contributed by atoms with Crippen molar-refractivity contribution in [1.29, 1.82) is 0 Å². The van der Waals surface area contributed by atoms with Crippen LogP contribution < -0.4 is 5.32 Å². The molecular weight excluding hydrogens is 321 g/mol. The Labute approximate surface area is 126 Å². The predicted molar refractivity (Wildman–Crippen MR) is 68.8 cm³/mol. The Morgan fingerprint density at radius 3 is 2.43 bits per heavy atom. The Morgan fingerprint density at radius 1 is 1.22 bits per heavy atom. The van der Waals surface area contributed by atoms with Crippen LogP contribution in [0.25, 0.3) is 0 Å². The number of nitrogens with zero attached hydrogens (tertiary/aromatic N) is 1. The molecule has 3 N–H and O–H groups in total. The lowest BCUT2D eigenvalue weighted by atomic mass is 10.1. The highest BCUT2D eigenvalue weighted by Gasteiger charge is 2.32. The summed E-state index contributed by atoms with van der Waals surface area (Å²) in [6.45, 7) is -0.804. The number of hydrogen-bond acceptors (Lipinski definition) is 5. The van der Waals surface area contributed by atoms with E-state index in [1.165, 1.54) is 0 Å². The van der Waals surface area contributed by atoms with Gasteiger partial charge < -0.3 is 15.5 Å². The van der Waals surface area contributed by atoms with Crippen LogP contribution in [-0.4, -0.2) is 46.0 Å². The summed E-state index contributed by atoms with van der Waals surface area (Å²) < 4.78 is 40.6. The number of aliphatic hydroxyl groups excluding tert-OH is 1. The topological polar surface area (TPSA) is 107 Å². The number of anilines is 1. The number of aliphatic hydroxyl groups is 1. The highest BCUT2D eigenvalue weighted by atomic mass is 19.2. The minimum atomic E-state index is -2.03. The SMILES string of the molecule is O=C(O)c1c(F)c(F)cc(NC2=CC(=O)N(CCO)C2=O)c1F. The van der Waals surface area contributed by atoms with Crippen molar-refractivity contribution in [3.63, 3.8) is 0 Å². The standard InChI is InChI=1S/C13H9F3N2O5/c14-5-3-6(11(16)9(10(5)15)13(22)23)17-7-4-8(20)18(1-2-19)12(7)21/h3-4,17,19H,1-2H2,(H,22,23). The molecule has 1 aliphatic heterocycles. The fraction of sp³-hybridized carbons (Fsp3) is 0.154. The summed E-state index contributed by atoms with van der Waals surface area (Å²) in [6.07, 6.45) is 0.763. The molecule has 0 bridgehead atoms.